The van der Waals surface area contributed by atoms with E-state index < -0.39 is 36.5 Å². The summed E-state index contributed by atoms with van der Waals surface area (Å²) in [7, 11) is -7.50. The third-order valence-electron chi connectivity index (χ3n) is 4.20. The molecule has 0 radical (unpaired) electrons. The highest BCUT2D eigenvalue weighted by Gasteiger charge is 2.32. The number of rotatable bonds is 10. The van der Waals surface area contributed by atoms with Crippen molar-refractivity contribution in [2.45, 2.75) is 22.4 Å². The predicted molar refractivity (Wildman–Crippen MR) is 110 cm³/mol. The molecule has 170 valence electrons. The van der Waals surface area contributed by atoms with Crippen LogP contribution in [0.2, 0.25) is 0 Å². The highest BCUT2D eigenvalue weighted by Crippen LogP contribution is 2.31. The Balaban J connectivity index is 2.05. The Morgan fingerprint density at radius 3 is 2.23 bits per heavy atom. The molecule has 2 aromatic carbocycles. The van der Waals surface area contributed by atoms with Gasteiger partial charge in [-0.2, -0.15) is 17.5 Å². The van der Waals surface area contributed by atoms with Crippen molar-refractivity contribution in [2.24, 2.45) is 0 Å². The molecule has 0 atom stereocenters. The lowest BCUT2D eigenvalue weighted by molar-refractivity contribution is -0.137. The van der Waals surface area contributed by atoms with E-state index in [0.717, 1.165) is 28.8 Å². The second-order valence-electron chi connectivity index (χ2n) is 6.62. The Morgan fingerprint density at radius 1 is 1.03 bits per heavy atom. The summed E-state index contributed by atoms with van der Waals surface area (Å²) in [6.07, 6.45) is -1.98. The summed E-state index contributed by atoms with van der Waals surface area (Å²) in [6, 6.07) is 9.32. The Labute approximate surface area is 179 Å². The van der Waals surface area contributed by atoms with Gasteiger partial charge in [0.2, 0.25) is 10.0 Å². The van der Waals surface area contributed by atoms with Crippen LogP contribution in [-0.4, -0.2) is 47.1 Å². The topological polar surface area (TPSA) is 80.8 Å². The highest BCUT2D eigenvalue weighted by atomic mass is 32.2. The first-order chi connectivity index (χ1) is 14.4. The number of ether oxygens (including phenoxy) is 1. The molecule has 0 aliphatic rings. The first-order valence-corrected chi connectivity index (χ1v) is 12.4. The monoisotopic (exact) mass is 477 g/mol. The van der Waals surface area contributed by atoms with Gasteiger partial charge in [-0.25, -0.2) is 16.8 Å². The summed E-state index contributed by atoms with van der Waals surface area (Å²) < 4.78 is 93.8. The molecule has 0 N–H and O–H groups in total. The average Bonchev–Trinajstić information content (AvgIpc) is 2.69. The molecule has 0 unspecified atom stereocenters. The predicted octanol–water partition coefficient (Wildman–Crippen LogP) is 3.75. The molecular formula is C20H22F3NO5S2. The van der Waals surface area contributed by atoms with Crippen molar-refractivity contribution in [2.75, 3.05) is 26.0 Å². The maximum Gasteiger partial charge on any atom is 0.416 e. The van der Waals surface area contributed by atoms with Crippen molar-refractivity contribution in [1.82, 2.24) is 4.31 Å². The van der Waals surface area contributed by atoms with Gasteiger partial charge in [-0.3, -0.25) is 0 Å². The second-order valence-corrected chi connectivity index (χ2v) is 10.6. The average molecular weight is 478 g/mol. The van der Waals surface area contributed by atoms with Crippen LogP contribution in [-0.2, 0) is 26.0 Å². The molecule has 0 aliphatic carbocycles. The summed E-state index contributed by atoms with van der Waals surface area (Å²) in [5.74, 6) is 0.406. The van der Waals surface area contributed by atoms with E-state index in [4.69, 9.17) is 4.74 Å². The van der Waals surface area contributed by atoms with E-state index in [9.17, 15) is 30.0 Å². The SMILES string of the molecule is C=CCN(CCCOc1ccc(S(C)(=O)=O)cc1)S(=O)(=O)c1cccc(C(F)(F)F)c1. The number of sulfonamides is 1. The molecule has 0 aromatic heterocycles. The number of hydrogen-bond acceptors (Lipinski definition) is 5. The third kappa shape index (κ3) is 6.81. The van der Waals surface area contributed by atoms with E-state index in [1.54, 1.807) is 0 Å². The third-order valence-corrected chi connectivity index (χ3v) is 7.19. The Kier molecular flexibility index (Phi) is 7.90. The van der Waals surface area contributed by atoms with E-state index >= 15 is 0 Å². The van der Waals surface area contributed by atoms with Gasteiger partial charge in [-0.15, -0.1) is 6.58 Å². The number of nitrogens with zero attached hydrogens (tertiary/aromatic N) is 1. The fourth-order valence-electron chi connectivity index (χ4n) is 2.65. The number of benzene rings is 2. The van der Waals surface area contributed by atoms with Crippen molar-refractivity contribution in [1.29, 1.82) is 0 Å². The Bertz CT molecular complexity index is 1110. The van der Waals surface area contributed by atoms with Crippen LogP contribution in [0.3, 0.4) is 0 Å². The van der Waals surface area contributed by atoms with Gasteiger partial charge in [-0.05, 0) is 48.9 Å². The van der Waals surface area contributed by atoms with Crippen molar-refractivity contribution in [3.63, 3.8) is 0 Å². The van der Waals surface area contributed by atoms with Crippen molar-refractivity contribution >= 4 is 19.9 Å². The van der Waals surface area contributed by atoms with Crippen LogP contribution in [0.15, 0.2) is 71.0 Å². The minimum absolute atomic E-state index is 0.00792. The Morgan fingerprint density at radius 2 is 1.68 bits per heavy atom. The summed E-state index contributed by atoms with van der Waals surface area (Å²) >= 11 is 0. The molecule has 2 aromatic rings. The fraction of sp³-hybridized carbons (Fsp3) is 0.300. The molecular weight excluding hydrogens is 455 g/mol. The lowest BCUT2D eigenvalue weighted by atomic mass is 10.2. The number of sulfone groups is 1. The zero-order valence-corrected chi connectivity index (χ0v) is 18.3. The molecule has 0 bridgehead atoms. The van der Waals surface area contributed by atoms with E-state index in [1.165, 1.54) is 30.3 Å². The van der Waals surface area contributed by atoms with Crippen LogP contribution in [0, 0.1) is 0 Å². The van der Waals surface area contributed by atoms with Gasteiger partial charge in [-0.1, -0.05) is 12.1 Å². The summed E-state index contributed by atoms with van der Waals surface area (Å²) in [4.78, 5) is -0.314. The van der Waals surface area contributed by atoms with Gasteiger partial charge in [0.25, 0.3) is 0 Å². The van der Waals surface area contributed by atoms with Gasteiger partial charge in [0.05, 0.1) is 22.0 Å². The summed E-state index contributed by atoms with van der Waals surface area (Å²) in [5.41, 5.74) is -1.05. The van der Waals surface area contributed by atoms with Crippen LogP contribution >= 0.6 is 0 Å². The van der Waals surface area contributed by atoms with Gasteiger partial charge in [0.15, 0.2) is 9.84 Å². The van der Waals surface area contributed by atoms with E-state index in [-0.39, 0.29) is 31.0 Å². The standard InChI is InChI=1S/C20H22F3NO5S2/c1-3-12-24(31(27,28)19-7-4-6-16(15-19)20(21,22)23)13-5-14-29-17-8-10-18(11-9-17)30(2,25)26/h3-4,6-11,15H,1,5,12-14H2,2H3. The molecule has 0 fully saturated rings. The zero-order chi connectivity index (χ0) is 23.3. The van der Waals surface area contributed by atoms with Gasteiger partial charge >= 0.3 is 6.18 Å². The maximum atomic E-state index is 12.9. The van der Waals surface area contributed by atoms with Gasteiger partial charge in [0.1, 0.15) is 5.75 Å². The quantitative estimate of drug-likeness (QED) is 0.385. The minimum atomic E-state index is -4.66. The molecule has 0 saturated heterocycles. The van der Waals surface area contributed by atoms with E-state index in [0.29, 0.717) is 11.8 Å². The van der Waals surface area contributed by atoms with Crippen molar-refractivity contribution < 1.29 is 34.7 Å². The highest BCUT2D eigenvalue weighted by molar-refractivity contribution is 7.90. The van der Waals surface area contributed by atoms with Crippen LogP contribution in [0.4, 0.5) is 13.2 Å². The molecule has 6 nitrogen and oxygen atoms in total. The van der Waals surface area contributed by atoms with Gasteiger partial charge < -0.3 is 4.74 Å². The van der Waals surface area contributed by atoms with Crippen LogP contribution in [0.25, 0.3) is 0 Å². The summed E-state index contributed by atoms with van der Waals surface area (Å²) in [5, 5.41) is 0. The minimum Gasteiger partial charge on any atom is -0.494 e. The van der Waals surface area contributed by atoms with Crippen molar-refractivity contribution in [3.05, 3.63) is 66.7 Å². The smallest absolute Gasteiger partial charge is 0.416 e. The maximum absolute atomic E-state index is 12.9. The van der Waals surface area contributed by atoms with Crippen LogP contribution in [0.5, 0.6) is 5.75 Å². The lowest BCUT2D eigenvalue weighted by Gasteiger charge is -2.21. The van der Waals surface area contributed by atoms with Crippen molar-refractivity contribution in [3.8, 4) is 5.75 Å². The molecule has 0 spiro atoms. The largest absolute Gasteiger partial charge is 0.494 e. The molecule has 31 heavy (non-hydrogen) atoms. The second kappa shape index (κ2) is 9.84. The van der Waals surface area contributed by atoms with Crippen LogP contribution < -0.4 is 4.74 Å². The summed E-state index contributed by atoms with van der Waals surface area (Å²) in [6.45, 7) is 3.53. The lowest BCUT2D eigenvalue weighted by Crippen LogP contribution is -2.33. The molecule has 11 heteroatoms. The molecule has 0 heterocycles. The van der Waals surface area contributed by atoms with Crippen LogP contribution in [0.1, 0.15) is 12.0 Å². The number of halogens is 3. The fourth-order valence-corrected chi connectivity index (χ4v) is 4.78. The zero-order valence-electron chi connectivity index (χ0n) is 16.7. The number of alkyl halides is 3. The van der Waals surface area contributed by atoms with E-state index in [1.807, 2.05) is 0 Å². The molecule has 0 aliphatic heterocycles. The first kappa shape index (κ1) is 24.9. The normalized spacial score (nSPS) is 12.7. The molecule has 0 saturated carbocycles. The first-order valence-electron chi connectivity index (χ1n) is 9.07. The van der Waals surface area contributed by atoms with E-state index in [2.05, 4.69) is 6.58 Å². The molecule has 0 amide bonds. The Hall–Kier alpha value is -2.37. The van der Waals surface area contributed by atoms with Gasteiger partial charge in [0, 0.05) is 19.3 Å². The molecule has 2 rings (SSSR count). The number of hydrogen-bond donors (Lipinski definition) is 0.